The third kappa shape index (κ3) is 6.79. The Labute approximate surface area is 82.0 Å². The van der Waals surface area contributed by atoms with Gasteiger partial charge in [0.05, 0.1) is 0 Å². The molecule has 2 heteroatoms. The van der Waals surface area contributed by atoms with Crippen LogP contribution in [0.2, 0.25) is 0 Å². The van der Waals surface area contributed by atoms with Crippen molar-refractivity contribution in [2.24, 2.45) is 5.41 Å². The minimum Gasteiger partial charge on any atom is -0.396 e. The second-order valence-corrected chi connectivity index (χ2v) is 4.47. The Morgan fingerprint density at radius 2 is 2.15 bits per heavy atom. The van der Waals surface area contributed by atoms with Crippen LogP contribution in [-0.2, 0) is 0 Å². The summed E-state index contributed by atoms with van der Waals surface area (Å²) in [6.45, 7) is 11.1. The summed E-state index contributed by atoms with van der Waals surface area (Å²) >= 11 is 0. The van der Waals surface area contributed by atoms with E-state index in [9.17, 15) is 0 Å². The van der Waals surface area contributed by atoms with Crippen LogP contribution in [0.15, 0.2) is 12.7 Å². The standard InChI is InChI=1S/C11H23NO/c1-5-6-7-10(2)12-8-11(3,4)9-13/h5,10,12-13H,1,6-9H2,2-4H3. The van der Waals surface area contributed by atoms with Crippen molar-refractivity contribution in [3.8, 4) is 0 Å². The molecule has 0 aliphatic rings. The van der Waals surface area contributed by atoms with Crippen molar-refractivity contribution in [2.75, 3.05) is 13.2 Å². The summed E-state index contributed by atoms with van der Waals surface area (Å²) in [6.07, 6.45) is 4.11. The highest BCUT2D eigenvalue weighted by molar-refractivity contribution is 4.75. The number of nitrogens with one attached hydrogen (secondary N) is 1. The molecule has 0 aliphatic heterocycles. The first-order valence-corrected chi connectivity index (χ1v) is 4.97. The minimum absolute atomic E-state index is 0.0115. The van der Waals surface area contributed by atoms with Gasteiger partial charge in [0.1, 0.15) is 0 Å². The maximum atomic E-state index is 9.03. The van der Waals surface area contributed by atoms with Crippen LogP contribution >= 0.6 is 0 Å². The maximum Gasteiger partial charge on any atom is 0.0494 e. The lowest BCUT2D eigenvalue weighted by atomic mass is 9.94. The van der Waals surface area contributed by atoms with Gasteiger partial charge in [-0.25, -0.2) is 0 Å². The molecule has 0 radical (unpaired) electrons. The summed E-state index contributed by atoms with van der Waals surface area (Å²) in [4.78, 5) is 0. The molecule has 1 atom stereocenters. The fraction of sp³-hybridized carbons (Fsp3) is 0.818. The molecule has 0 heterocycles. The molecule has 1 unspecified atom stereocenters. The fourth-order valence-corrected chi connectivity index (χ4v) is 0.976. The van der Waals surface area contributed by atoms with Crippen molar-refractivity contribution in [3.63, 3.8) is 0 Å². The van der Waals surface area contributed by atoms with Crippen LogP contribution in [0.5, 0.6) is 0 Å². The van der Waals surface area contributed by atoms with E-state index < -0.39 is 0 Å². The van der Waals surface area contributed by atoms with Crippen LogP contribution < -0.4 is 5.32 Å². The Morgan fingerprint density at radius 1 is 1.54 bits per heavy atom. The van der Waals surface area contributed by atoms with E-state index in [1.165, 1.54) is 0 Å². The second-order valence-electron chi connectivity index (χ2n) is 4.47. The van der Waals surface area contributed by atoms with E-state index >= 15 is 0 Å². The average Bonchev–Trinajstić information content (AvgIpc) is 2.11. The van der Waals surface area contributed by atoms with Crippen molar-refractivity contribution in [1.29, 1.82) is 0 Å². The number of hydrogen-bond acceptors (Lipinski definition) is 2. The Morgan fingerprint density at radius 3 is 2.62 bits per heavy atom. The lowest BCUT2D eigenvalue weighted by Crippen LogP contribution is -2.37. The molecule has 0 saturated carbocycles. The Balaban J connectivity index is 3.56. The number of allylic oxidation sites excluding steroid dienone is 1. The lowest BCUT2D eigenvalue weighted by Gasteiger charge is -2.24. The number of rotatable bonds is 7. The van der Waals surface area contributed by atoms with Crippen LogP contribution in [0.25, 0.3) is 0 Å². The Bertz CT molecular complexity index is 143. The molecule has 0 saturated heterocycles. The van der Waals surface area contributed by atoms with E-state index in [4.69, 9.17) is 5.11 Å². The van der Waals surface area contributed by atoms with Gasteiger partial charge in [0, 0.05) is 24.6 Å². The van der Waals surface area contributed by atoms with Gasteiger partial charge >= 0.3 is 0 Å². The van der Waals surface area contributed by atoms with Crippen LogP contribution in [-0.4, -0.2) is 24.3 Å². The molecule has 0 aliphatic carbocycles. The van der Waals surface area contributed by atoms with Gasteiger partial charge in [-0.2, -0.15) is 0 Å². The zero-order valence-electron chi connectivity index (χ0n) is 9.14. The van der Waals surface area contributed by atoms with Gasteiger partial charge in [-0.1, -0.05) is 19.9 Å². The van der Waals surface area contributed by atoms with E-state index in [1.54, 1.807) is 0 Å². The SMILES string of the molecule is C=CCCC(C)NCC(C)(C)CO. The second kappa shape index (κ2) is 6.17. The largest absolute Gasteiger partial charge is 0.396 e. The number of hydrogen-bond donors (Lipinski definition) is 2. The van der Waals surface area contributed by atoms with Gasteiger partial charge in [0.15, 0.2) is 0 Å². The average molecular weight is 185 g/mol. The summed E-state index contributed by atoms with van der Waals surface area (Å²) in [5.41, 5.74) is -0.0115. The smallest absolute Gasteiger partial charge is 0.0494 e. The number of aliphatic hydroxyl groups is 1. The molecule has 13 heavy (non-hydrogen) atoms. The molecule has 78 valence electrons. The van der Waals surface area contributed by atoms with Crippen molar-refractivity contribution in [3.05, 3.63) is 12.7 Å². The summed E-state index contributed by atoms with van der Waals surface area (Å²) in [7, 11) is 0. The highest BCUT2D eigenvalue weighted by Gasteiger charge is 2.16. The fourth-order valence-electron chi connectivity index (χ4n) is 0.976. The van der Waals surface area contributed by atoms with Gasteiger partial charge in [0.25, 0.3) is 0 Å². The third-order valence-corrected chi connectivity index (χ3v) is 2.16. The molecular formula is C11H23NO. The zero-order valence-corrected chi connectivity index (χ0v) is 9.14. The van der Waals surface area contributed by atoms with Crippen molar-refractivity contribution in [2.45, 2.75) is 39.7 Å². The molecule has 0 bridgehead atoms. The van der Waals surface area contributed by atoms with E-state index in [2.05, 4.69) is 32.7 Å². The van der Waals surface area contributed by atoms with E-state index in [0.717, 1.165) is 19.4 Å². The number of aliphatic hydroxyl groups excluding tert-OH is 1. The zero-order chi connectivity index (χ0) is 10.3. The first kappa shape index (κ1) is 12.7. The van der Waals surface area contributed by atoms with Gasteiger partial charge in [-0.3, -0.25) is 0 Å². The first-order chi connectivity index (χ1) is 6.02. The van der Waals surface area contributed by atoms with E-state index in [1.807, 2.05) is 6.08 Å². The van der Waals surface area contributed by atoms with Crippen LogP contribution in [0, 0.1) is 5.41 Å². The van der Waals surface area contributed by atoms with E-state index in [0.29, 0.717) is 6.04 Å². The summed E-state index contributed by atoms with van der Waals surface area (Å²) < 4.78 is 0. The van der Waals surface area contributed by atoms with Crippen LogP contribution in [0.1, 0.15) is 33.6 Å². The predicted octanol–water partition coefficient (Wildman–Crippen LogP) is 1.95. The molecular weight excluding hydrogens is 162 g/mol. The van der Waals surface area contributed by atoms with E-state index in [-0.39, 0.29) is 12.0 Å². The predicted molar refractivity (Wildman–Crippen MR) is 57.8 cm³/mol. The molecule has 2 nitrogen and oxygen atoms in total. The molecule has 0 fully saturated rings. The summed E-state index contributed by atoms with van der Waals surface area (Å²) in [5, 5.41) is 12.4. The molecule has 0 amide bonds. The summed E-state index contributed by atoms with van der Waals surface area (Å²) in [5.74, 6) is 0. The third-order valence-electron chi connectivity index (χ3n) is 2.16. The molecule has 0 rings (SSSR count). The monoisotopic (exact) mass is 185 g/mol. The maximum absolute atomic E-state index is 9.03. The molecule has 2 N–H and O–H groups in total. The molecule has 0 spiro atoms. The molecule has 0 aromatic heterocycles. The van der Waals surface area contributed by atoms with Crippen molar-refractivity contribution >= 4 is 0 Å². The van der Waals surface area contributed by atoms with Crippen LogP contribution in [0.3, 0.4) is 0 Å². The van der Waals surface area contributed by atoms with Crippen LogP contribution in [0.4, 0.5) is 0 Å². The molecule has 0 aromatic rings. The van der Waals surface area contributed by atoms with Crippen molar-refractivity contribution < 1.29 is 5.11 Å². The van der Waals surface area contributed by atoms with Gasteiger partial charge in [-0.15, -0.1) is 6.58 Å². The Hall–Kier alpha value is -0.340. The Kier molecular flexibility index (Phi) is 6.00. The first-order valence-electron chi connectivity index (χ1n) is 4.97. The van der Waals surface area contributed by atoms with Gasteiger partial charge in [0.2, 0.25) is 0 Å². The molecule has 0 aromatic carbocycles. The highest BCUT2D eigenvalue weighted by atomic mass is 16.3. The highest BCUT2D eigenvalue weighted by Crippen LogP contribution is 2.12. The van der Waals surface area contributed by atoms with Gasteiger partial charge < -0.3 is 10.4 Å². The lowest BCUT2D eigenvalue weighted by molar-refractivity contribution is 0.153. The van der Waals surface area contributed by atoms with Crippen molar-refractivity contribution in [1.82, 2.24) is 5.32 Å². The minimum atomic E-state index is -0.0115. The summed E-state index contributed by atoms with van der Waals surface area (Å²) in [6, 6.07) is 0.504. The van der Waals surface area contributed by atoms with Gasteiger partial charge in [-0.05, 0) is 19.8 Å². The topological polar surface area (TPSA) is 32.3 Å². The quantitative estimate of drug-likeness (QED) is 0.594. The normalized spacial score (nSPS) is 14.2.